The summed E-state index contributed by atoms with van der Waals surface area (Å²) in [5, 5.41) is 2.42. The Hall–Kier alpha value is -4.31. The van der Waals surface area contributed by atoms with Gasteiger partial charge in [-0.1, -0.05) is 24.3 Å². The van der Waals surface area contributed by atoms with Gasteiger partial charge in [0.15, 0.2) is 0 Å². The Morgan fingerprint density at radius 3 is 2.63 bits per heavy atom. The monoisotopic (exact) mass is 589 g/mol. The molecule has 0 spiro atoms. The molecule has 0 saturated heterocycles. The smallest absolute Gasteiger partial charge is 0.411 e. The molecular formula is C31H33N3O6S. The van der Waals surface area contributed by atoms with Crippen LogP contribution in [0.1, 0.15) is 71.7 Å². The number of hydrogen-bond donors (Lipinski definition) is 2. The molecule has 0 atom stereocenters. The highest BCUT2D eigenvalue weighted by Gasteiger charge is 2.22. The Morgan fingerprint density at radius 2 is 1.88 bits per heavy atom. The third-order valence-electron chi connectivity index (χ3n) is 6.26. The van der Waals surface area contributed by atoms with Gasteiger partial charge in [0.1, 0.15) is 11.9 Å². The van der Waals surface area contributed by atoms with E-state index < -0.39 is 67.6 Å². The number of ether oxygens (including phenoxy) is 2. The van der Waals surface area contributed by atoms with E-state index in [0.29, 0.717) is 5.56 Å². The fourth-order valence-electron chi connectivity index (χ4n) is 4.31. The SMILES string of the molecule is [2H]C([2H])([2H])Oc1cc(C(=O)NS(=O)(=O)c2ccccc2C)ccc1Cc1cn(C([2H])([2H])[2H])c2ccc(NC(=O)OC3C([2H])([2H])C([2H])([2H])C([2H])([2H])C3([2H])[2H])cc12. The maximum absolute atomic E-state index is 13.1. The molecule has 214 valence electrons. The number of nitrogens with zero attached hydrogens (tertiary/aromatic N) is 1. The molecule has 0 bridgehead atoms. The summed E-state index contributed by atoms with van der Waals surface area (Å²) in [6.07, 6.45) is -16.4. The summed E-state index contributed by atoms with van der Waals surface area (Å²) in [5.74, 6) is -1.47. The summed E-state index contributed by atoms with van der Waals surface area (Å²) in [7, 11) is -7.39. The Kier molecular flexibility index (Phi) is 4.44. The number of fused-ring (bicyclic) bond motifs is 1. The topological polar surface area (TPSA) is 116 Å². The van der Waals surface area contributed by atoms with Gasteiger partial charge in [-0.3, -0.25) is 10.1 Å². The van der Waals surface area contributed by atoms with Gasteiger partial charge in [-0.15, -0.1) is 0 Å². The van der Waals surface area contributed by atoms with E-state index in [4.69, 9.17) is 28.7 Å². The van der Waals surface area contributed by atoms with E-state index >= 15 is 0 Å². The molecule has 1 aromatic heterocycles. The first-order chi connectivity index (χ1) is 25.0. The highest BCUT2D eigenvalue weighted by atomic mass is 32.2. The van der Waals surface area contributed by atoms with Crippen molar-refractivity contribution < 1.29 is 46.7 Å². The van der Waals surface area contributed by atoms with E-state index in [-0.39, 0.29) is 50.3 Å². The van der Waals surface area contributed by atoms with Crippen LogP contribution in [0.25, 0.3) is 10.9 Å². The van der Waals surface area contributed by atoms with Crippen LogP contribution in [0.5, 0.6) is 5.75 Å². The molecule has 1 aliphatic rings. The zero-order chi connectivity index (χ0) is 41.3. The van der Waals surface area contributed by atoms with Crippen LogP contribution in [0.15, 0.2) is 71.8 Å². The molecule has 2 N–H and O–H groups in total. The Bertz CT molecular complexity index is 2260. The van der Waals surface area contributed by atoms with Gasteiger partial charge in [0.05, 0.1) is 16.0 Å². The number of aromatic nitrogens is 1. The molecule has 5 rings (SSSR count). The van der Waals surface area contributed by atoms with Gasteiger partial charge < -0.3 is 14.0 Å². The van der Waals surface area contributed by atoms with Crippen LogP contribution in [0.4, 0.5) is 10.5 Å². The molecule has 4 aromatic rings. The van der Waals surface area contributed by atoms with E-state index in [0.717, 1.165) is 10.6 Å². The minimum Gasteiger partial charge on any atom is -0.496 e. The number of nitrogens with one attached hydrogen (secondary N) is 2. The number of carbonyl (C=O) groups is 2. The first-order valence-electron chi connectivity index (χ1n) is 19.1. The number of benzene rings is 3. The van der Waals surface area contributed by atoms with Crippen molar-refractivity contribution in [2.45, 2.75) is 49.8 Å². The largest absolute Gasteiger partial charge is 0.496 e. The Balaban J connectivity index is 1.48. The number of anilines is 1. The van der Waals surface area contributed by atoms with Crippen LogP contribution in [0, 0.1) is 6.92 Å². The average molecular weight is 590 g/mol. The van der Waals surface area contributed by atoms with E-state index in [1.807, 2.05) is 4.72 Å². The predicted molar refractivity (Wildman–Crippen MR) is 157 cm³/mol. The van der Waals surface area contributed by atoms with Crippen LogP contribution >= 0.6 is 0 Å². The summed E-state index contributed by atoms with van der Waals surface area (Å²) < 4.78 is 150. The third kappa shape index (κ3) is 6.22. The molecule has 1 fully saturated rings. The van der Waals surface area contributed by atoms with Crippen LogP contribution in [0.2, 0.25) is 0 Å². The number of amides is 2. The predicted octanol–water partition coefficient (Wildman–Crippen LogP) is 5.70. The standard InChI is InChI=1S/C31H33N3O6S/c1-20-8-4-7-11-29(20)41(37,38)33-30(35)22-13-12-21(28(17-22)39-3)16-23-19-34(2)27-15-14-24(18-26(23)27)32-31(36)40-25-9-5-6-10-25/h4,7-8,11-15,17-19,25H,5-6,9-10,16H2,1-3H3,(H,32,36)(H,33,35)/i2D3,3D3,5D2,6D2,9D2,10D2. The molecule has 1 aliphatic carbocycles. The van der Waals surface area contributed by atoms with E-state index in [1.54, 1.807) is 6.07 Å². The van der Waals surface area contributed by atoms with Crippen molar-refractivity contribution in [1.29, 1.82) is 0 Å². The molecule has 3 aromatic carbocycles. The summed E-state index contributed by atoms with van der Waals surface area (Å²) in [6, 6.07) is 13.3. The lowest BCUT2D eigenvalue weighted by Gasteiger charge is -2.13. The molecule has 41 heavy (non-hydrogen) atoms. The minimum atomic E-state index is -4.34. The number of carbonyl (C=O) groups excluding carboxylic acids is 2. The Morgan fingerprint density at radius 1 is 1.07 bits per heavy atom. The van der Waals surface area contributed by atoms with Gasteiger partial charge in [0.25, 0.3) is 15.9 Å². The molecule has 0 radical (unpaired) electrons. The molecule has 1 saturated carbocycles. The molecule has 0 aliphatic heterocycles. The third-order valence-corrected chi connectivity index (χ3v) is 7.75. The van der Waals surface area contributed by atoms with Crippen molar-refractivity contribution in [1.82, 2.24) is 9.29 Å². The van der Waals surface area contributed by atoms with Crippen molar-refractivity contribution in [3.63, 3.8) is 0 Å². The summed E-state index contributed by atoms with van der Waals surface area (Å²) in [5.41, 5.74) is 0.438. The van der Waals surface area contributed by atoms with Crippen LogP contribution in [-0.4, -0.2) is 38.1 Å². The highest BCUT2D eigenvalue weighted by molar-refractivity contribution is 7.90. The van der Waals surface area contributed by atoms with Gasteiger partial charge in [-0.05, 0) is 85.5 Å². The van der Waals surface area contributed by atoms with Crippen molar-refractivity contribution in [3.8, 4) is 5.75 Å². The molecule has 10 heteroatoms. The zero-order valence-electron chi connectivity index (χ0n) is 35.4. The number of sulfonamides is 1. The van der Waals surface area contributed by atoms with Crippen molar-refractivity contribution in [3.05, 3.63) is 89.1 Å². The normalized spacial score (nSPS) is 24.3. The van der Waals surface area contributed by atoms with E-state index in [2.05, 4.69) is 5.32 Å². The fraction of sp³-hybridized carbons (Fsp3) is 0.290. The maximum atomic E-state index is 13.1. The lowest BCUT2D eigenvalue weighted by atomic mass is 10.0. The highest BCUT2D eigenvalue weighted by Crippen LogP contribution is 2.30. The van der Waals surface area contributed by atoms with Gasteiger partial charge >= 0.3 is 6.09 Å². The van der Waals surface area contributed by atoms with Gasteiger partial charge in [-0.25, -0.2) is 17.9 Å². The fourth-order valence-corrected chi connectivity index (χ4v) is 5.53. The molecule has 9 nitrogen and oxygen atoms in total. The first kappa shape index (κ1) is 15.6. The molecular weight excluding hydrogens is 542 g/mol. The summed E-state index contributed by atoms with van der Waals surface area (Å²) >= 11 is 0. The second-order valence-electron chi connectivity index (χ2n) is 9.01. The van der Waals surface area contributed by atoms with Crippen molar-refractivity contribution in [2.24, 2.45) is 6.98 Å². The van der Waals surface area contributed by atoms with Gasteiger partial charge in [0, 0.05) is 56.8 Å². The summed E-state index contributed by atoms with van der Waals surface area (Å²) in [4.78, 5) is 25.9. The number of aryl methyl sites for hydroxylation is 2. The zero-order valence-corrected chi connectivity index (χ0v) is 22.3. The second kappa shape index (κ2) is 11.7. The second-order valence-corrected chi connectivity index (χ2v) is 10.7. The minimum absolute atomic E-state index is 0.0898. The Labute approximate surface area is 259 Å². The quantitative estimate of drug-likeness (QED) is 0.273. The van der Waals surface area contributed by atoms with Crippen LogP contribution < -0.4 is 14.8 Å². The van der Waals surface area contributed by atoms with E-state index in [9.17, 15) is 18.0 Å². The first-order valence-corrected chi connectivity index (χ1v) is 13.6. The van der Waals surface area contributed by atoms with Gasteiger partial charge in [0.2, 0.25) is 0 Å². The lowest BCUT2D eigenvalue weighted by molar-refractivity contribution is 0.0980. The average Bonchev–Trinajstić information content (AvgIpc) is 3.43. The van der Waals surface area contributed by atoms with E-state index in [1.165, 1.54) is 61.7 Å². The molecule has 0 unspecified atom stereocenters. The maximum Gasteiger partial charge on any atom is 0.411 e. The van der Waals surface area contributed by atoms with Crippen LogP contribution in [-0.2, 0) is 28.2 Å². The van der Waals surface area contributed by atoms with Crippen molar-refractivity contribution in [2.75, 3.05) is 12.4 Å². The summed E-state index contributed by atoms with van der Waals surface area (Å²) in [6.45, 7) is -1.21. The number of methoxy groups -OCH3 is 1. The van der Waals surface area contributed by atoms with Crippen molar-refractivity contribution >= 4 is 38.6 Å². The van der Waals surface area contributed by atoms with Gasteiger partial charge in [-0.2, -0.15) is 0 Å². The lowest BCUT2D eigenvalue weighted by Crippen LogP contribution is -2.31. The molecule has 2 amide bonds. The van der Waals surface area contributed by atoms with Crippen LogP contribution in [0.3, 0.4) is 0 Å². The molecule has 1 heterocycles. The number of rotatable bonds is 8. The number of hydrogen-bond acceptors (Lipinski definition) is 6.